The molecule has 5 heteroatoms. The zero-order valence-corrected chi connectivity index (χ0v) is 6.88. The summed E-state index contributed by atoms with van der Waals surface area (Å²) in [6.07, 6.45) is 2.65. The van der Waals surface area contributed by atoms with E-state index in [1.54, 1.807) is 0 Å². The minimum atomic E-state index is -4.66. The van der Waals surface area contributed by atoms with Crippen molar-refractivity contribution in [3.63, 3.8) is 0 Å². The van der Waals surface area contributed by atoms with E-state index in [-0.39, 0.29) is 4.35 Å². The zero-order chi connectivity index (χ0) is 7.61. The summed E-state index contributed by atoms with van der Waals surface area (Å²) < 4.78 is 27.8. The van der Waals surface area contributed by atoms with E-state index in [0.29, 0.717) is 0 Å². The number of pyridine rings is 1. The second-order valence-corrected chi connectivity index (χ2v) is 5.12. The van der Waals surface area contributed by atoms with Gasteiger partial charge in [-0.05, 0) is 0 Å². The van der Waals surface area contributed by atoms with Crippen molar-refractivity contribution in [2.24, 2.45) is 0 Å². The van der Waals surface area contributed by atoms with Crippen LogP contribution in [0.1, 0.15) is 0 Å². The molecule has 0 bridgehead atoms. The number of hydrogen-bond acceptors (Lipinski definition) is 2. The van der Waals surface area contributed by atoms with Gasteiger partial charge in [0.1, 0.15) is 0 Å². The second-order valence-electron chi connectivity index (χ2n) is 1.76. The number of nitrogens with zero attached hydrogens (tertiary/aromatic N) is 1. The van der Waals surface area contributed by atoms with Crippen molar-refractivity contribution in [2.75, 3.05) is 0 Å². The van der Waals surface area contributed by atoms with Crippen molar-refractivity contribution < 1.29 is 11.9 Å². The molecular weight excluding hydrogens is 197 g/mol. The van der Waals surface area contributed by atoms with Gasteiger partial charge in [-0.15, -0.1) is 0 Å². The van der Waals surface area contributed by atoms with Crippen LogP contribution in [0.4, 0.5) is 0 Å². The van der Waals surface area contributed by atoms with Gasteiger partial charge in [-0.2, -0.15) is 0 Å². The summed E-state index contributed by atoms with van der Waals surface area (Å²) in [4.78, 5) is 3.57. The summed E-state index contributed by atoms with van der Waals surface area (Å²) in [5.41, 5.74) is 0. The maximum absolute atomic E-state index is 10.5. The van der Waals surface area contributed by atoms with Gasteiger partial charge in [0.2, 0.25) is 0 Å². The number of hydrogen-bond donors (Lipinski definition) is 2. The third kappa shape index (κ3) is 1.70. The molecule has 1 heterocycles. The van der Waals surface area contributed by atoms with E-state index < -0.39 is 14.2 Å². The van der Waals surface area contributed by atoms with Gasteiger partial charge in [0.15, 0.2) is 0 Å². The molecule has 0 aliphatic heterocycles. The van der Waals surface area contributed by atoms with Crippen molar-refractivity contribution in [2.45, 2.75) is 0 Å². The number of rotatable bonds is 1. The maximum atomic E-state index is 10.5. The summed E-state index contributed by atoms with van der Waals surface area (Å²) in [6.45, 7) is 0. The van der Waals surface area contributed by atoms with Crippen LogP contribution in [0.5, 0.6) is 0 Å². The Bertz CT molecular complexity index is 255. The number of aromatic nitrogens is 1. The first-order valence-electron chi connectivity index (χ1n) is 2.57. The SMILES string of the molecule is O=[As](O)(O)c1cccnc1. The van der Waals surface area contributed by atoms with Crippen LogP contribution in [0, 0.1) is 0 Å². The zero-order valence-electron chi connectivity index (χ0n) is 5.01. The van der Waals surface area contributed by atoms with E-state index in [9.17, 15) is 3.74 Å². The molecule has 10 heavy (non-hydrogen) atoms. The predicted octanol–water partition coefficient (Wildman–Crippen LogP) is -1.36. The average Bonchev–Trinajstić information content (AvgIpc) is 1.88. The topological polar surface area (TPSA) is 70.4 Å². The molecule has 0 amide bonds. The molecule has 0 saturated carbocycles. The standard InChI is InChI=1S/C5H6AsNO3/c8-6(9,10)5-2-1-3-7-4-5/h1-4H,(H2,8,9,10). The first-order chi connectivity index (χ1) is 4.61. The second kappa shape index (κ2) is 2.58. The van der Waals surface area contributed by atoms with Crippen LogP contribution in [0.25, 0.3) is 0 Å². The van der Waals surface area contributed by atoms with Crippen LogP contribution in [-0.2, 0) is 3.74 Å². The Balaban J connectivity index is 3.09. The molecule has 1 rings (SSSR count). The molecule has 0 spiro atoms. The van der Waals surface area contributed by atoms with Crippen LogP contribution in [0.3, 0.4) is 0 Å². The summed E-state index contributed by atoms with van der Waals surface area (Å²) in [7, 11) is 0. The van der Waals surface area contributed by atoms with E-state index in [1.807, 2.05) is 0 Å². The van der Waals surface area contributed by atoms with Crippen LogP contribution in [0.15, 0.2) is 24.5 Å². The summed E-state index contributed by atoms with van der Waals surface area (Å²) in [6, 6.07) is 2.86. The fourth-order valence-corrected chi connectivity index (χ4v) is 1.57. The van der Waals surface area contributed by atoms with E-state index in [0.717, 1.165) is 0 Å². The van der Waals surface area contributed by atoms with Crippen molar-refractivity contribution in [3.8, 4) is 0 Å². The molecule has 0 unspecified atom stereocenters. The Kier molecular flexibility index (Phi) is 1.94. The van der Waals surface area contributed by atoms with Crippen LogP contribution < -0.4 is 4.35 Å². The van der Waals surface area contributed by atoms with Gasteiger partial charge in [-0.25, -0.2) is 0 Å². The van der Waals surface area contributed by atoms with E-state index >= 15 is 0 Å². The van der Waals surface area contributed by atoms with Crippen molar-refractivity contribution in [1.82, 2.24) is 4.98 Å². The van der Waals surface area contributed by atoms with Crippen molar-refractivity contribution in [3.05, 3.63) is 24.5 Å². The Labute approximate surface area is 60.5 Å². The van der Waals surface area contributed by atoms with Crippen LogP contribution >= 0.6 is 0 Å². The van der Waals surface area contributed by atoms with Gasteiger partial charge in [0, 0.05) is 0 Å². The van der Waals surface area contributed by atoms with E-state index in [4.69, 9.17) is 8.19 Å². The Morgan fingerprint density at radius 1 is 1.50 bits per heavy atom. The Hall–Kier alpha value is -0.572. The van der Waals surface area contributed by atoms with Crippen LogP contribution in [-0.4, -0.2) is 27.3 Å². The summed E-state index contributed by atoms with van der Waals surface area (Å²) >= 11 is -4.66. The van der Waals surface area contributed by atoms with E-state index in [2.05, 4.69) is 4.98 Å². The Morgan fingerprint density at radius 2 is 2.20 bits per heavy atom. The molecule has 1 aromatic heterocycles. The van der Waals surface area contributed by atoms with Gasteiger partial charge in [-0.1, -0.05) is 0 Å². The third-order valence-electron chi connectivity index (χ3n) is 0.982. The third-order valence-corrected chi connectivity index (χ3v) is 2.95. The molecular formula is C5H6AsNO3. The monoisotopic (exact) mass is 203 g/mol. The molecule has 2 N–H and O–H groups in total. The Morgan fingerprint density at radius 3 is 2.50 bits per heavy atom. The molecule has 0 saturated heterocycles. The van der Waals surface area contributed by atoms with Gasteiger partial charge in [0.05, 0.1) is 0 Å². The molecule has 0 aliphatic carbocycles. The minimum absolute atomic E-state index is 0.0145. The molecule has 0 aromatic carbocycles. The molecule has 0 fully saturated rings. The predicted molar refractivity (Wildman–Crippen MR) is 34.7 cm³/mol. The fourth-order valence-electron chi connectivity index (χ4n) is 0.526. The van der Waals surface area contributed by atoms with Gasteiger partial charge in [-0.3, -0.25) is 0 Å². The molecule has 0 aliphatic rings. The average molecular weight is 203 g/mol. The summed E-state index contributed by atoms with van der Waals surface area (Å²) in [5, 5.41) is 0. The molecule has 1 aromatic rings. The van der Waals surface area contributed by atoms with Gasteiger partial charge >= 0.3 is 60.0 Å². The van der Waals surface area contributed by atoms with Crippen molar-refractivity contribution >= 4 is 18.5 Å². The molecule has 4 nitrogen and oxygen atoms in total. The molecule has 54 valence electrons. The normalized spacial score (nSPS) is 11.4. The summed E-state index contributed by atoms with van der Waals surface area (Å²) in [5.74, 6) is 0. The molecule has 0 radical (unpaired) electrons. The fraction of sp³-hybridized carbons (Fsp3) is 0. The van der Waals surface area contributed by atoms with Crippen molar-refractivity contribution in [1.29, 1.82) is 0 Å². The van der Waals surface area contributed by atoms with Gasteiger partial charge < -0.3 is 0 Å². The first-order valence-corrected chi connectivity index (χ1v) is 5.95. The van der Waals surface area contributed by atoms with Gasteiger partial charge in [0.25, 0.3) is 0 Å². The quantitative estimate of drug-likeness (QED) is 0.553. The van der Waals surface area contributed by atoms with E-state index in [1.165, 1.54) is 24.5 Å². The first kappa shape index (κ1) is 7.53. The molecule has 0 atom stereocenters. The van der Waals surface area contributed by atoms with Crippen LogP contribution in [0.2, 0.25) is 0 Å².